The molecule has 0 radical (unpaired) electrons. The Morgan fingerprint density at radius 3 is 3.00 bits per heavy atom. The lowest BCUT2D eigenvalue weighted by atomic mass is 10.2. The van der Waals surface area contributed by atoms with Crippen molar-refractivity contribution in [2.45, 2.75) is 6.92 Å². The first-order valence-electron chi connectivity index (χ1n) is 4.47. The van der Waals surface area contributed by atoms with E-state index < -0.39 is 11.8 Å². The Balaban J connectivity index is 2.79. The highest BCUT2D eigenvalue weighted by atomic mass is 19.1. The molecule has 1 aromatic carbocycles. The van der Waals surface area contributed by atoms with Crippen molar-refractivity contribution in [1.82, 2.24) is 0 Å². The molecule has 1 rings (SSSR count). The van der Waals surface area contributed by atoms with Crippen LogP contribution in [0, 0.1) is 5.82 Å². The fourth-order valence-corrected chi connectivity index (χ4v) is 1.01. The van der Waals surface area contributed by atoms with E-state index in [2.05, 4.69) is 4.74 Å². The first-order chi connectivity index (χ1) is 7.13. The van der Waals surface area contributed by atoms with Crippen LogP contribution < -0.4 is 0 Å². The van der Waals surface area contributed by atoms with Gasteiger partial charge in [-0.3, -0.25) is 0 Å². The summed E-state index contributed by atoms with van der Waals surface area (Å²) in [6, 6.07) is 3.49. The van der Waals surface area contributed by atoms with Crippen molar-refractivity contribution in [3.05, 3.63) is 35.7 Å². The zero-order chi connectivity index (χ0) is 11.3. The second-order valence-electron chi connectivity index (χ2n) is 2.79. The van der Waals surface area contributed by atoms with Crippen LogP contribution in [0.25, 0.3) is 6.08 Å². The molecule has 15 heavy (non-hydrogen) atoms. The summed E-state index contributed by atoms with van der Waals surface area (Å²) in [6.45, 7) is 1.96. The molecule has 0 saturated carbocycles. The molecule has 0 aliphatic rings. The predicted octanol–water partition coefficient (Wildman–Crippen LogP) is 2.11. The molecule has 4 heteroatoms. The number of hydrogen-bond donors (Lipinski definition) is 1. The van der Waals surface area contributed by atoms with Gasteiger partial charge in [-0.05, 0) is 31.2 Å². The van der Waals surface area contributed by atoms with Gasteiger partial charge in [0.25, 0.3) is 0 Å². The van der Waals surface area contributed by atoms with Crippen LogP contribution in [-0.4, -0.2) is 17.7 Å². The van der Waals surface area contributed by atoms with Gasteiger partial charge in [-0.2, -0.15) is 0 Å². The van der Waals surface area contributed by atoms with E-state index in [0.29, 0.717) is 0 Å². The second kappa shape index (κ2) is 5.14. The third kappa shape index (κ3) is 3.42. The summed E-state index contributed by atoms with van der Waals surface area (Å²) in [7, 11) is 0. The minimum Gasteiger partial charge on any atom is -0.507 e. The van der Waals surface area contributed by atoms with Crippen LogP contribution in [0.4, 0.5) is 4.39 Å². The van der Waals surface area contributed by atoms with E-state index >= 15 is 0 Å². The van der Waals surface area contributed by atoms with Crippen molar-refractivity contribution in [3.8, 4) is 5.75 Å². The highest BCUT2D eigenvalue weighted by molar-refractivity contribution is 5.87. The Kier molecular flexibility index (Phi) is 3.85. The van der Waals surface area contributed by atoms with Crippen molar-refractivity contribution in [1.29, 1.82) is 0 Å². The minimum atomic E-state index is -0.527. The molecule has 0 spiro atoms. The topological polar surface area (TPSA) is 46.5 Å². The summed E-state index contributed by atoms with van der Waals surface area (Å²) in [5, 5.41) is 9.31. The number of hydrogen-bond acceptors (Lipinski definition) is 3. The summed E-state index contributed by atoms with van der Waals surface area (Å²) in [6.07, 6.45) is 2.44. The van der Waals surface area contributed by atoms with Gasteiger partial charge in [-0.15, -0.1) is 0 Å². The normalized spacial score (nSPS) is 10.5. The molecule has 1 N–H and O–H groups in total. The second-order valence-corrected chi connectivity index (χ2v) is 2.79. The predicted molar refractivity (Wildman–Crippen MR) is 53.7 cm³/mol. The molecule has 0 amide bonds. The molecule has 0 unspecified atom stereocenters. The van der Waals surface area contributed by atoms with Gasteiger partial charge in [0.2, 0.25) is 0 Å². The summed E-state index contributed by atoms with van der Waals surface area (Å²) in [4.78, 5) is 10.9. The molecule has 0 aromatic heterocycles. The van der Waals surface area contributed by atoms with Crippen molar-refractivity contribution in [2.75, 3.05) is 6.61 Å². The van der Waals surface area contributed by atoms with E-state index in [9.17, 15) is 14.3 Å². The molecular formula is C11H11FO3. The van der Waals surface area contributed by atoms with Gasteiger partial charge in [-0.25, -0.2) is 9.18 Å². The number of carbonyl (C=O) groups is 1. The van der Waals surface area contributed by atoms with Gasteiger partial charge >= 0.3 is 5.97 Å². The Bertz CT molecular complexity index is 385. The average molecular weight is 210 g/mol. The van der Waals surface area contributed by atoms with Crippen LogP contribution in [0.2, 0.25) is 0 Å². The van der Waals surface area contributed by atoms with Crippen molar-refractivity contribution in [3.63, 3.8) is 0 Å². The number of rotatable bonds is 3. The van der Waals surface area contributed by atoms with Crippen LogP contribution in [0.5, 0.6) is 5.75 Å². The maximum atomic E-state index is 12.8. The van der Waals surface area contributed by atoms with Crippen LogP contribution in [0.3, 0.4) is 0 Å². The van der Waals surface area contributed by atoms with Gasteiger partial charge in [0.05, 0.1) is 6.61 Å². The first-order valence-corrected chi connectivity index (χ1v) is 4.47. The SMILES string of the molecule is CCOC(=O)/C=C/c1cc(F)ccc1O. The first kappa shape index (κ1) is 11.2. The summed E-state index contributed by atoms with van der Waals surface area (Å²) in [5.74, 6) is -1.09. The van der Waals surface area contributed by atoms with E-state index in [4.69, 9.17) is 0 Å². The van der Waals surface area contributed by atoms with E-state index in [-0.39, 0.29) is 17.9 Å². The van der Waals surface area contributed by atoms with E-state index in [0.717, 1.165) is 18.2 Å². The van der Waals surface area contributed by atoms with Crippen LogP contribution in [0.15, 0.2) is 24.3 Å². The Labute approximate surface area is 86.8 Å². The summed E-state index contributed by atoms with van der Waals surface area (Å²) < 4.78 is 17.4. The van der Waals surface area contributed by atoms with E-state index in [1.807, 2.05) is 0 Å². The van der Waals surface area contributed by atoms with Gasteiger partial charge in [0.15, 0.2) is 0 Å². The van der Waals surface area contributed by atoms with Crippen molar-refractivity contribution < 1.29 is 19.0 Å². The third-order valence-electron chi connectivity index (χ3n) is 1.68. The fourth-order valence-electron chi connectivity index (χ4n) is 1.01. The monoisotopic (exact) mass is 210 g/mol. The fraction of sp³-hybridized carbons (Fsp3) is 0.182. The maximum Gasteiger partial charge on any atom is 0.330 e. The van der Waals surface area contributed by atoms with Crippen LogP contribution in [-0.2, 0) is 9.53 Å². The lowest BCUT2D eigenvalue weighted by Crippen LogP contribution is -1.98. The van der Waals surface area contributed by atoms with Gasteiger partial charge in [0.1, 0.15) is 11.6 Å². The van der Waals surface area contributed by atoms with Crippen molar-refractivity contribution >= 4 is 12.0 Å². The zero-order valence-corrected chi connectivity index (χ0v) is 8.24. The molecule has 0 aliphatic carbocycles. The molecule has 0 bridgehead atoms. The smallest absolute Gasteiger partial charge is 0.330 e. The average Bonchev–Trinajstić information content (AvgIpc) is 2.20. The van der Waals surface area contributed by atoms with Gasteiger partial charge in [-0.1, -0.05) is 0 Å². The minimum absolute atomic E-state index is 0.0862. The number of halogens is 1. The lowest BCUT2D eigenvalue weighted by molar-refractivity contribution is -0.137. The van der Waals surface area contributed by atoms with E-state index in [1.54, 1.807) is 6.92 Å². The molecule has 0 saturated heterocycles. The van der Waals surface area contributed by atoms with Crippen LogP contribution >= 0.6 is 0 Å². The van der Waals surface area contributed by atoms with E-state index in [1.165, 1.54) is 12.1 Å². The Morgan fingerprint density at radius 1 is 1.60 bits per heavy atom. The molecule has 0 fully saturated rings. The Hall–Kier alpha value is -1.84. The zero-order valence-electron chi connectivity index (χ0n) is 8.24. The molecule has 80 valence electrons. The molecule has 0 atom stereocenters. The highest BCUT2D eigenvalue weighted by Gasteiger charge is 2.00. The third-order valence-corrected chi connectivity index (χ3v) is 1.68. The van der Waals surface area contributed by atoms with Gasteiger partial charge in [0, 0.05) is 11.6 Å². The molecular weight excluding hydrogens is 199 g/mol. The maximum absolute atomic E-state index is 12.8. The number of esters is 1. The number of aromatic hydroxyl groups is 1. The molecule has 0 heterocycles. The standard InChI is InChI=1S/C11H11FO3/c1-2-15-11(14)6-3-8-7-9(12)4-5-10(8)13/h3-7,13H,2H2,1H3/b6-3+. The molecule has 1 aromatic rings. The largest absolute Gasteiger partial charge is 0.507 e. The number of carbonyl (C=O) groups excluding carboxylic acids is 1. The summed E-state index contributed by atoms with van der Waals surface area (Å²) >= 11 is 0. The number of phenols is 1. The summed E-state index contributed by atoms with van der Waals surface area (Å²) in [5.41, 5.74) is 0.239. The molecule has 3 nitrogen and oxygen atoms in total. The lowest BCUT2D eigenvalue weighted by Gasteiger charge is -1.98. The number of benzene rings is 1. The number of ether oxygens (including phenoxy) is 1. The molecule has 0 aliphatic heterocycles. The van der Waals surface area contributed by atoms with Crippen LogP contribution in [0.1, 0.15) is 12.5 Å². The van der Waals surface area contributed by atoms with Crippen molar-refractivity contribution in [2.24, 2.45) is 0 Å². The van der Waals surface area contributed by atoms with Gasteiger partial charge < -0.3 is 9.84 Å². The quantitative estimate of drug-likeness (QED) is 0.614. The highest BCUT2D eigenvalue weighted by Crippen LogP contribution is 2.19. The Morgan fingerprint density at radius 2 is 2.33 bits per heavy atom. The number of phenolic OH excluding ortho intramolecular Hbond substituents is 1.